The van der Waals surface area contributed by atoms with E-state index in [0.717, 1.165) is 11.1 Å². The number of aromatic nitrogens is 1. The third kappa shape index (κ3) is 3.97. The maximum absolute atomic E-state index is 12.8. The second-order valence-electron chi connectivity index (χ2n) is 5.53. The molecule has 2 aromatic rings. The average Bonchev–Trinajstić information content (AvgIpc) is 2.85. The van der Waals surface area contributed by atoms with E-state index in [1.165, 1.54) is 4.90 Å². The maximum atomic E-state index is 12.8. The first-order valence-corrected chi connectivity index (χ1v) is 7.37. The van der Waals surface area contributed by atoms with Gasteiger partial charge >= 0.3 is 5.97 Å². The first kappa shape index (κ1) is 16.7. The molecule has 122 valence electrons. The summed E-state index contributed by atoms with van der Waals surface area (Å²) in [4.78, 5) is 25.2. The quantitative estimate of drug-likeness (QED) is 0.885. The van der Waals surface area contributed by atoms with Crippen LogP contribution >= 0.6 is 0 Å². The normalized spacial score (nSPS) is 12.0. The first-order valence-electron chi connectivity index (χ1n) is 7.37. The topological polar surface area (TPSA) is 83.6 Å². The molecule has 1 atom stereocenters. The van der Waals surface area contributed by atoms with Crippen LogP contribution in [0, 0.1) is 13.8 Å². The number of aliphatic carboxylic acids is 1. The van der Waals surface area contributed by atoms with Crippen molar-refractivity contribution in [1.82, 2.24) is 10.1 Å². The molecule has 6 nitrogen and oxygen atoms in total. The second kappa shape index (κ2) is 7.09. The highest BCUT2D eigenvalue weighted by Crippen LogP contribution is 2.25. The van der Waals surface area contributed by atoms with Gasteiger partial charge in [-0.1, -0.05) is 35.5 Å². The molecule has 23 heavy (non-hydrogen) atoms. The number of aryl methyl sites for hydroxylation is 2. The van der Waals surface area contributed by atoms with E-state index in [-0.39, 0.29) is 19.0 Å². The lowest BCUT2D eigenvalue weighted by Crippen LogP contribution is -2.38. The van der Waals surface area contributed by atoms with Gasteiger partial charge in [-0.25, -0.2) is 0 Å². The Morgan fingerprint density at radius 3 is 2.43 bits per heavy atom. The van der Waals surface area contributed by atoms with Crippen molar-refractivity contribution in [2.45, 2.75) is 33.2 Å². The van der Waals surface area contributed by atoms with Crippen molar-refractivity contribution in [2.24, 2.45) is 0 Å². The van der Waals surface area contributed by atoms with Crippen molar-refractivity contribution in [2.75, 3.05) is 6.54 Å². The Hall–Kier alpha value is -2.63. The molecule has 0 spiro atoms. The van der Waals surface area contributed by atoms with E-state index < -0.39 is 11.9 Å². The minimum Gasteiger partial charge on any atom is -0.480 e. The van der Waals surface area contributed by atoms with E-state index in [2.05, 4.69) is 5.16 Å². The van der Waals surface area contributed by atoms with Crippen molar-refractivity contribution in [3.05, 3.63) is 52.9 Å². The van der Waals surface area contributed by atoms with Crippen LogP contribution in [0.1, 0.15) is 35.4 Å². The van der Waals surface area contributed by atoms with Gasteiger partial charge < -0.3 is 14.5 Å². The Morgan fingerprint density at radius 1 is 1.26 bits per heavy atom. The van der Waals surface area contributed by atoms with Crippen LogP contribution in [-0.2, 0) is 16.1 Å². The first-order chi connectivity index (χ1) is 10.9. The van der Waals surface area contributed by atoms with E-state index in [0.29, 0.717) is 11.5 Å². The monoisotopic (exact) mass is 316 g/mol. The molecule has 0 saturated heterocycles. The fraction of sp³-hybridized carbons (Fsp3) is 0.353. The Labute approximate surface area is 134 Å². The molecule has 2 rings (SSSR count). The van der Waals surface area contributed by atoms with Gasteiger partial charge in [-0.05, 0) is 26.3 Å². The number of benzene rings is 1. The molecule has 0 unspecified atom stereocenters. The lowest BCUT2D eigenvalue weighted by Gasteiger charge is -2.24. The van der Waals surface area contributed by atoms with Crippen LogP contribution in [-0.4, -0.2) is 33.6 Å². The van der Waals surface area contributed by atoms with Crippen molar-refractivity contribution < 1.29 is 19.2 Å². The number of carbonyl (C=O) groups is 2. The van der Waals surface area contributed by atoms with E-state index in [4.69, 9.17) is 9.63 Å². The minimum absolute atomic E-state index is 0.250. The summed E-state index contributed by atoms with van der Waals surface area (Å²) < 4.78 is 5.11. The molecule has 1 amide bonds. The number of hydrogen-bond donors (Lipinski definition) is 1. The second-order valence-corrected chi connectivity index (χ2v) is 5.53. The number of carboxylic acid groups (broad SMARTS) is 1. The number of carbonyl (C=O) groups excluding carboxylic acids is 1. The molecule has 0 aliphatic heterocycles. The van der Waals surface area contributed by atoms with Gasteiger partial charge in [-0.2, -0.15) is 0 Å². The summed E-state index contributed by atoms with van der Waals surface area (Å²) in [5.41, 5.74) is 2.25. The lowest BCUT2D eigenvalue weighted by molar-refractivity contribution is -0.145. The molecular weight excluding hydrogens is 296 g/mol. The SMILES string of the molecule is Cc1noc(C)c1[C@H](C)C(=O)N(CC(=O)O)Cc1ccccc1. The zero-order chi connectivity index (χ0) is 17.0. The predicted octanol–water partition coefficient (Wildman–Crippen LogP) is 2.51. The molecule has 0 radical (unpaired) electrons. The van der Waals surface area contributed by atoms with Gasteiger partial charge in [0.25, 0.3) is 0 Å². The minimum atomic E-state index is -1.04. The van der Waals surface area contributed by atoms with Crippen LogP contribution in [0.3, 0.4) is 0 Å². The van der Waals surface area contributed by atoms with Crippen LogP contribution in [0.5, 0.6) is 0 Å². The number of hydrogen-bond acceptors (Lipinski definition) is 4. The summed E-state index contributed by atoms with van der Waals surface area (Å²) >= 11 is 0. The largest absolute Gasteiger partial charge is 0.480 e. The van der Waals surface area contributed by atoms with Crippen LogP contribution in [0.4, 0.5) is 0 Å². The van der Waals surface area contributed by atoms with Crippen LogP contribution in [0.2, 0.25) is 0 Å². The lowest BCUT2D eigenvalue weighted by atomic mass is 9.97. The van der Waals surface area contributed by atoms with Gasteiger partial charge in [-0.15, -0.1) is 0 Å². The van der Waals surface area contributed by atoms with Crippen LogP contribution in [0.25, 0.3) is 0 Å². The standard InChI is InChI=1S/C17H20N2O4/c1-11(16-12(2)18-23-13(16)3)17(22)19(10-15(20)21)9-14-7-5-4-6-8-14/h4-8,11H,9-10H2,1-3H3,(H,20,21)/t11-/m0/s1. The number of carboxylic acids is 1. The summed E-state index contributed by atoms with van der Waals surface area (Å²) in [5.74, 6) is -1.23. The van der Waals surface area contributed by atoms with Crippen molar-refractivity contribution in [1.29, 1.82) is 0 Å². The molecule has 1 aromatic heterocycles. The van der Waals surface area contributed by atoms with Crippen molar-refractivity contribution in [3.63, 3.8) is 0 Å². The number of rotatable bonds is 6. The van der Waals surface area contributed by atoms with Gasteiger partial charge in [0.15, 0.2) is 0 Å². The maximum Gasteiger partial charge on any atom is 0.323 e. The van der Waals surface area contributed by atoms with Crippen molar-refractivity contribution >= 4 is 11.9 Å². The van der Waals surface area contributed by atoms with Gasteiger partial charge in [-0.3, -0.25) is 9.59 Å². The Bertz CT molecular complexity index is 674. The zero-order valence-corrected chi connectivity index (χ0v) is 13.4. The van der Waals surface area contributed by atoms with E-state index in [1.807, 2.05) is 30.3 Å². The van der Waals surface area contributed by atoms with Gasteiger partial charge in [0.1, 0.15) is 12.3 Å². The number of nitrogens with zero attached hydrogens (tertiary/aromatic N) is 2. The molecule has 0 fully saturated rings. The van der Waals surface area contributed by atoms with Gasteiger partial charge in [0, 0.05) is 12.1 Å². The molecule has 1 aromatic carbocycles. The zero-order valence-electron chi connectivity index (χ0n) is 13.4. The molecule has 6 heteroatoms. The molecule has 0 bridgehead atoms. The summed E-state index contributed by atoms with van der Waals surface area (Å²) in [6.45, 7) is 5.17. The Morgan fingerprint density at radius 2 is 1.91 bits per heavy atom. The molecule has 0 saturated carbocycles. The predicted molar refractivity (Wildman–Crippen MR) is 83.9 cm³/mol. The summed E-state index contributed by atoms with van der Waals surface area (Å²) in [7, 11) is 0. The van der Waals surface area contributed by atoms with Gasteiger partial charge in [0.05, 0.1) is 11.6 Å². The summed E-state index contributed by atoms with van der Waals surface area (Å²) in [5, 5.41) is 13.0. The molecule has 0 aliphatic carbocycles. The Kier molecular flexibility index (Phi) is 5.16. The number of amides is 1. The highest BCUT2D eigenvalue weighted by Gasteiger charge is 2.28. The van der Waals surface area contributed by atoms with Crippen molar-refractivity contribution in [3.8, 4) is 0 Å². The molecule has 0 aliphatic rings. The summed E-state index contributed by atoms with van der Waals surface area (Å²) in [6.07, 6.45) is 0. The third-order valence-electron chi connectivity index (χ3n) is 3.75. The average molecular weight is 316 g/mol. The highest BCUT2D eigenvalue weighted by molar-refractivity contribution is 5.86. The molecule has 1 N–H and O–H groups in total. The van der Waals surface area contributed by atoms with E-state index >= 15 is 0 Å². The molecule has 1 heterocycles. The summed E-state index contributed by atoms with van der Waals surface area (Å²) in [6, 6.07) is 9.32. The third-order valence-corrected chi connectivity index (χ3v) is 3.75. The van der Waals surface area contributed by atoms with E-state index in [9.17, 15) is 9.59 Å². The van der Waals surface area contributed by atoms with Crippen LogP contribution < -0.4 is 0 Å². The fourth-order valence-electron chi connectivity index (χ4n) is 2.68. The van der Waals surface area contributed by atoms with Gasteiger partial charge in [0.2, 0.25) is 5.91 Å². The Balaban J connectivity index is 2.24. The fourth-order valence-corrected chi connectivity index (χ4v) is 2.68. The molecular formula is C17H20N2O4. The van der Waals surface area contributed by atoms with E-state index in [1.54, 1.807) is 20.8 Å². The van der Waals surface area contributed by atoms with Crippen LogP contribution in [0.15, 0.2) is 34.9 Å². The highest BCUT2D eigenvalue weighted by atomic mass is 16.5. The smallest absolute Gasteiger partial charge is 0.323 e.